The number of pyridine rings is 1. The highest BCUT2D eigenvalue weighted by Gasteiger charge is 2.08. The predicted molar refractivity (Wildman–Crippen MR) is 108 cm³/mol. The molecule has 0 aliphatic heterocycles. The minimum absolute atomic E-state index is 0.0533. The minimum atomic E-state index is 0.0533. The third kappa shape index (κ3) is 5.10. The molecule has 0 aliphatic carbocycles. The molecule has 0 unspecified atom stereocenters. The maximum absolute atomic E-state index is 11.4. The van der Waals surface area contributed by atoms with Crippen molar-refractivity contribution in [3.63, 3.8) is 0 Å². The molecule has 0 spiro atoms. The first-order chi connectivity index (χ1) is 13.0. The lowest BCUT2D eigenvalue weighted by Crippen LogP contribution is -2.22. The van der Waals surface area contributed by atoms with Gasteiger partial charge in [-0.2, -0.15) is 0 Å². The van der Waals surface area contributed by atoms with E-state index in [2.05, 4.69) is 25.2 Å². The normalized spacial score (nSPS) is 10.5. The minimum Gasteiger partial charge on any atom is -0.359 e. The van der Waals surface area contributed by atoms with Gasteiger partial charge >= 0.3 is 0 Å². The lowest BCUT2D eigenvalue weighted by atomic mass is 10.1. The summed E-state index contributed by atoms with van der Waals surface area (Å²) in [6.45, 7) is 4.28. The Bertz CT molecular complexity index is 910. The van der Waals surface area contributed by atoms with Crippen LogP contribution in [0.2, 0.25) is 0 Å². The van der Waals surface area contributed by atoms with E-state index in [9.17, 15) is 4.79 Å². The fourth-order valence-electron chi connectivity index (χ4n) is 2.71. The zero-order chi connectivity index (χ0) is 19.2. The van der Waals surface area contributed by atoms with Gasteiger partial charge in [0.2, 0.25) is 0 Å². The summed E-state index contributed by atoms with van der Waals surface area (Å²) < 4.78 is 0. The SMILES string of the molecule is CC(=O)c1ccc(Nc2cc(N(C)CCc3ccncc3)nc(C)n2)cc1. The molecule has 0 fully saturated rings. The molecule has 27 heavy (non-hydrogen) atoms. The van der Waals surface area contributed by atoms with E-state index in [4.69, 9.17) is 0 Å². The van der Waals surface area contributed by atoms with Gasteiger partial charge in [-0.3, -0.25) is 9.78 Å². The van der Waals surface area contributed by atoms with Gasteiger partial charge in [-0.1, -0.05) is 0 Å². The van der Waals surface area contributed by atoms with Gasteiger partial charge in [0.15, 0.2) is 5.78 Å². The largest absolute Gasteiger partial charge is 0.359 e. The maximum Gasteiger partial charge on any atom is 0.159 e. The molecule has 6 nitrogen and oxygen atoms in total. The number of aryl methyl sites for hydroxylation is 1. The first-order valence-electron chi connectivity index (χ1n) is 8.85. The highest BCUT2D eigenvalue weighted by Crippen LogP contribution is 2.20. The molecule has 0 bridgehead atoms. The van der Waals surface area contributed by atoms with Crippen LogP contribution in [-0.2, 0) is 6.42 Å². The first-order valence-corrected chi connectivity index (χ1v) is 8.85. The zero-order valence-corrected chi connectivity index (χ0v) is 15.8. The summed E-state index contributed by atoms with van der Waals surface area (Å²) >= 11 is 0. The number of ketones is 1. The summed E-state index contributed by atoms with van der Waals surface area (Å²) in [4.78, 5) is 26.6. The van der Waals surface area contributed by atoms with Crippen molar-refractivity contribution < 1.29 is 4.79 Å². The van der Waals surface area contributed by atoms with E-state index in [1.807, 2.05) is 56.7 Å². The molecule has 0 radical (unpaired) electrons. The van der Waals surface area contributed by atoms with Crippen molar-refractivity contribution in [1.82, 2.24) is 15.0 Å². The van der Waals surface area contributed by atoms with Gasteiger partial charge in [0.05, 0.1) is 0 Å². The van der Waals surface area contributed by atoms with Crippen LogP contribution in [0.25, 0.3) is 0 Å². The molecule has 6 heteroatoms. The number of Topliss-reactive ketones (excluding diaryl/α,β-unsaturated/α-hetero) is 1. The number of hydrogen-bond acceptors (Lipinski definition) is 6. The van der Waals surface area contributed by atoms with Crippen LogP contribution in [-0.4, -0.2) is 34.3 Å². The molecule has 0 saturated carbocycles. The fourth-order valence-corrected chi connectivity index (χ4v) is 2.71. The lowest BCUT2D eigenvalue weighted by Gasteiger charge is -2.19. The van der Waals surface area contributed by atoms with Crippen LogP contribution in [0.15, 0.2) is 54.9 Å². The van der Waals surface area contributed by atoms with Crippen molar-refractivity contribution in [2.75, 3.05) is 23.8 Å². The van der Waals surface area contributed by atoms with E-state index in [-0.39, 0.29) is 5.78 Å². The number of anilines is 3. The number of aromatic nitrogens is 3. The summed E-state index contributed by atoms with van der Waals surface area (Å²) in [6.07, 6.45) is 4.53. The second kappa shape index (κ2) is 8.40. The molecule has 0 atom stereocenters. The number of nitrogens with one attached hydrogen (secondary N) is 1. The molecular formula is C21H23N5O. The first kappa shape index (κ1) is 18.5. The number of carbonyl (C=O) groups excluding carboxylic acids is 1. The Labute approximate surface area is 159 Å². The van der Waals surface area contributed by atoms with Gasteiger partial charge in [-0.25, -0.2) is 9.97 Å². The number of hydrogen-bond donors (Lipinski definition) is 1. The highest BCUT2D eigenvalue weighted by molar-refractivity contribution is 5.94. The number of likely N-dealkylation sites (N-methyl/N-ethyl adjacent to an activating group) is 1. The number of rotatable bonds is 7. The number of benzene rings is 1. The summed E-state index contributed by atoms with van der Waals surface area (Å²) in [6, 6.07) is 13.3. The molecule has 1 N–H and O–H groups in total. The number of carbonyl (C=O) groups is 1. The van der Waals surface area contributed by atoms with Gasteiger partial charge in [0.25, 0.3) is 0 Å². The second-order valence-corrected chi connectivity index (χ2v) is 6.44. The molecule has 0 saturated heterocycles. The average Bonchev–Trinajstić information content (AvgIpc) is 2.67. The van der Waals surface area contributed by atoms with Crippen LogP contribution in [0.3, 0.4) is 0 Å². The Morgan fingerprint density at radius 1 is 1.07 bits per heavy atom. The monoisotopic (exact) mass is 361 g/mol. The number of nitrogens with zero attached hydrogens (tertiary/aromatic N) is 4. The zero-order valence-electron chi connectivity index (χ0n) is 15.8. The van der Waals surface area contributed by atoms with Crippen LogP contribution in [0.1, 0.15) is 28.7 Å². The molecule has 0 amide bonds. The Kier molecular flexibility index (Phi) is 5.76. The molecule has 1 aromatic carbocycles. The Balaban J connectivity index is 1.70. The molecular weight excluding hydrogens is 338 g/mol. The van der Waals surface area contributed by atoms with Gasteiger partial charge in [0.1, 0.15) is 17.5 Å². The van der Waals surface area contributed by atoms with Gasteiger partial charge < -0.3 is 10.2 Å². The van der Waals surface area contributed by atoms with E-state index in [1.54, 1.807) is 19.1 Å². The third-order valence-corrected chi connectivity index (χ3v) is 4.26. The van der Waals surface area contributed by atoms with Gasteiger partial charge in [-0.05, 0) is 62.2 Å². The Morgan fingerprint density at radius 3 is 2.44 bits per heavy atom. The Morgan fingerprint density at radius 2 is 1.78 bits per heavy atom. The van der Waals surface area contributed by atoms with Crippen LogP contribution >= 0.6 is 0 Å². The van der Waals surface area contributed by atoms with Crippen molar-refractivity contribution in [3.05, 3.63) is 71.8 Å². The highest BCUT2D eigenvalue weighted by atomic mass is 16.1. The van der Waals surface area contributed by atoms with Crippen molar-refractivity contribution in [3.8, 4) is 0 Å². The van der Waals surface area contributed by atoms with E-state index >= 15 is 0 Å². The van der Waals surface area contributed by atoms with Gasteiger partial charge in [0, 0.05) is 43.3 Å². The van der Waals surface area contributed by atoms with Crippen LogP contribution < -0.4 is 10.2 Å². The molecule has 3 aromatic rings. The summed E-state index contributed by atoms with van der Waals surface area (Å²) in [5, 5.41) is 3.28. The molecule has 3 rings (SSSR count). The molecule has 2 heterocycles. The molecule has 138 valence electrons. The fraction of sp³-hybridized carbons (Fsp3) is 0.238. The van der Waals surface area contributed by atoms with E-state index in [0.717, 1.165) is 30.3 Å². The smallest absolute Gasteiger partial charge is 0.159 e. The summed E-state index contributed by atoms with van der Waals surface area (Å²) in [7, 11) is 2.02. The maximum atomic E-state index is 11.4. The van der Waals surface area contributed by atoms with E-state index in [1.165, 1.54) is 5.56 Å². The van der Waals surface area contributed by atoms with Crippen LogP contribution in [0.5, 0.6) is 0 Å². The van der Waals surface area contributed by atoms with Crippen molar-refractivity contribution in [2.45, 2.75) is 20.3 Å². The quantitative estimate of drug-likeness (QED) is 0.645. The van der Waals surface area contributed by atoms with Crippen LogP contribution in [0, 0.1) is 6.92 Å². The standard InChI is InChI=1S/C21H23N5O/c1-15(27)18-4-6-19(7-5-18)25-20-14-21(24-16(2)23-20)26(3)13-10-17-8-11-22-12-9-17/h4-9,11-12,14H,10,13H2,1-3H3,(H,23,24,25). The van der Waals surface area contributed by atoms with Crippen LogP contribution in [0.4, 0.5) is 17.3 Å². The van der Waals surface area contributed by atoms with Gasteiger partial charge in [-0.15, -0.1) is 0 Å². The Hall–Kier alpha value is -3.28. The van der Waals surface area contributed by atoms with Crippen molar-refractivity contribution in [1.29, 1.82) is 0 Å². The summed E-state index contributed by atoms with van der Waals surface area (Å²) in [5.74, 6) is 2.34. The topological polar surface area (TPSA) is 71.0 Å². The van der Waals surface area contributed by atoms with Crippen molar-refractivity contribution in [2.24, 2.45) is 0 Å². The molecule has 2 aromatic heterocycles. The van der Waals surface area contributed by atoms with Crippen molar-refractivity contribution >= 4 is 23.1 Å². The second-order valence-electron chi connectivity index (χ2n) is 6.44. The molecule has 0 aliphatic rings. The van der Waals surface area contributed by atoms with E-state index < -0.39 is 0 Å². The summed E-state index contributed by atoms with van der Waals surface area (Å²) in [5.41, 5.74) is 2.81. The average molecular weight is 361 g/mol. The van der Waals surface area contributed by atoms with E-state index in [0.29, 0.717) is 11.4 Å². The lowest BCUT2D eigenvalue weighted by molar-refractivity contribution is 0.101. The third-order valence-electron chi connectivity index (χ3n) is 4.26. The predicted octanol–water partition coefficient (Wildman–Crippen LogP) is 3.81.